The van der Waals surface area contributed by atoms with E-state index >= 15 is 0 Å². The number of carbonyl (C=O) groups excluding carboxylic acids is 11. The molecule has 4 atom stereocenters. The second kappa shape index (κ2) is 39.9. The normalized spacial score (nSPS) is 15.6. The van der Waals surface area contributed by atoms with E-state index < -0.39 is 136 Å². The summed E-state index contributed by atoms with van der Waals surface area (Å²) in [5, 5.41) is 18.2. The fourth-order valence-electron chi connectivity index (χ4n) is 14.4. The van der Waals surface area contributed by atoms with Crippen molar-refractivity contribution in [2.24, 2.45) is 17.6 Å². The van der Waals surface area contributed by atoms with E-state index in [2.05, 4.69) is 16.0 Å². The third-order valence-electron chi connectivity index (χ3n) is 20.1. The highest BCUT2D eigenvalue weighted by Crippen LogP contribution is 2.46. The van der Waals surface area contributed by atoms with Crippen LogP contribution in [-0.2, 0) is 89.1 Å². The fraction of sp³-hybridized carbons (Fsp3) is 0.467. The number of nitrogens with two attached hydrogens (primary N) is 1. The highest BCUT2D eigenvalue weighted by molar-refractivity contribution is 5.97. The molecule has 2 aliphatic carbocycles. The number of carboxylic acid groups (broad SMARTS) is 1. The van der Waals surface area contributed by atoms with Crippen LogP contribution in [0, 0.1) is 11.8 Å². The summed E-state index contributed by atoms with van der Waals surface area (Å²) in [6, 6.07) is 48.3. The third kappa shape index (κ3) is 26.3. The molecule has 6 aromatic rings. The molecule has 2 heterocycles. The van der Waals surface area contributed by atoms with Crippen molar-refractivity contribution in [2.45, 2.75) is 205 Å². The minimum Gasteiger partial charge on any atom is -0.480 e. The van der Waals surface area contributed by atoms with E-state index in [1.807, 2.05) is 133 Å². The van der Waals surface area contributed by atoms with Gasteiger partial charge < -0.3 is 74.5 Å². The number of hydrogen-bond acceptors (Lipinski definition) is 21. The summed E-state index contributed by atoms with van der Waals surface area (Å²) in [4.78, 5) is 158. The number of rotatable bonds is 25. The number of alkyl carbamates (subject to hydrolysis) is 2. The van der Waals surface area contributed by atoms with E-state index in [4.69, 9.17) is 43.6 Å². The van der Waals surface area contributed by atoms with Crippen LogP contribution in [0.2, 0.25) is 0 Å². The molecule has 2 saturated heterocycles. The van der Waals surface area contributed by atoms with Gasteiger partial charge in [-0.05, 0) is 177 Å². The van der Waals surface area contributed by atoms with Crippen molar-refractivity contribution in [1.29, 1.82) is 0 Å². The van der Waals surface area contributed by atoms with Gasteiger partial charge in [0, 0.05) is 50.9 Å². The average Bonchev–Trinajstić information content (AvgIpc) is 1.64. The largest absolute Gasteiger partial charge is 0.480 e. The molecule has 0 bridgehead atoms. The highest BCUT2D eigenvalue weighted by atomic mass is 16.6. The van der Waals surface area contributed by atoms with E-state index in [-0.39, 0.29) is 102 Å². The number of nitrogens with one attached hydrogen (secondary N) is 3. The number of ketones is 2. The summed E-state index contributed by atoms with van der Waals surface area (Å²) in [5.74, 6) is -7.66. The van der Waals surface area contributed by atoms with Crippen LogP contribution in [0.1, 0.15) is 180 Å². The molecule has 6 aromatic carbocycles. The quantitative estimate of drug-likeness (QED) is 0.0262. The lowest BCUT2D eigenvalue weighted by molar-refractivity contribution is -0.161. The molecule has 27 heteroatoms. The number of carbonyl (C=O) groups is 12. The van der Waals surface area contributed by atoms with Crippen LogP contribution in [0.4, 0.5) is 19.2 Å². The average molecular weight is 1610 g/mol. The predicted molar refractivity (Wildman–Crippen MR) is 435 cm³/mol. The molecule has 0 spiro atoms. The zero-order valence-electron chi connectivity index (χ0n) is 69.4. The number of ether oxygens (including phenoxy) is 8. The van der Waals surface area contributed by atoms with E-state index in [9.17, 15) is 62.6 Å². The summed E-state index contributed by atoms with van der Waals surface area (Å²) in [6.45, 7) is 21.4. The lowest BCUT2D eigenvalue weighted by Crippen LogP contribution is -2.65. The molecular weight excluding hydrogens is 1500 g/mol. The van der Waals surface area contributed by atoms with Crippen molar-refractivity contribution in [3.8, 4) is 22.3 Å². The molecule has 10 rings (SSSR count). The second-order valence-corrected chi connectivity index (χ2v) is 33.7. The van der Waals surface area contributed by atoms with Crippen molar-refractivity contribution in [1.82, 2.24) is 25.8 Å². The Labute approximate surface area is 684 Å². The van der Waals surface area contributed by atoms with Crippen molar-refractivity contribution in [3.63, 3.8) is 0 Å². The zero-order chi connectivity index (χ0) is 85.8. The van der Waals surface area contributed by atoms with E-state index in [1.54, 1.807) is 107 Å². The lowest BCUT2D eigenvalue weighted by atomic mass is 9.85. The Morgan fingerprint density at radius 3 is 1.09 bits per heavy atom. The summed E-state index contributed by atoms with van der Waals surface area (Å²) in [5.41, 5.74) is 10.2. The van der Waals surface area contributed by atoms with Gasteiger partial charge in [-0.3, -0.25) is 33.6 Å². The number of aliphatic carboxylic acids is 1. The predicted octanol–water partition coefficient (Wildman–Crippen LogP) is 12.9. The first-order valence-corrected chi connectivity index (χ1v) is 39.3. The first kappa shape index (κ1) is 91.0. The van der Waals surface area contributed by atoms with E-state index in [0.29, 0.717) is 6.42 Å². The Kier molecular flexibility index (Phi) is 31.1. The molecule has 0 aromatic heterocycles. The fourth-order valence-corrected chi connectivity index (χ4v) is 14.4. The maximum absolute atomic E-state index is 14.6. The van der Waals surface area contributed by atoms with Gasteiger partial charge in [0.05, 0.1) is 51.0 Å². The van der Waals surface area contributed by atoms with Crippen LogP contribution in [0.25, 0.3) is 22.3 Å². The highest BCUT2D eigenvalue weighted by Gasteiger charge is 2.48. The number of Topliss-reactive ketones (excluding diaryl/α,β-unsaturated/α-hetero) is 2. The number of fused-ring (bicyclic) bond motifs is 6. The maximum Gasteiger partial charge on any atom is 0.410 e. The van der Waals surface area contributed by atoms with Crippen molar-refractivity contribution in [2.75, 3.05) is 53.6 Å². The summed E-state index contributed by atoms with van der Waals surface area (Å²) in [6.07, 6.45) is -3.35. The Balaban J connectivity index is 0.000000244. The van der Waals surface area contributed by atoms with E-state index in [0.717, 1.165) is 55.6 Å². The standard InChI is InChI=1S/C45H55N3O10.C26H30N2O6.C19H27NO5/c1-43(2,3)57-38(50)27-30(39(51)55-7)26-37(49)36(25-29-15-9-8-10-16-29)46-40(52)45(21-23-48(24-22-45)42(54)58-44(4,5)6)47-41(53)56-28-35-33-19-13-11-17-31(33)32-18-12-14-20-34(32)35;1-25(2,3)34-24(32)28-14-12-26(13-15-28,22(29)30)27-23(31)33-16-21-19-10-6-4-8-17(19)18-9-5-7-11-20(18)21;1-19(2,3)25-17(22)12-14(18(23)24-4)11-16(21)15(20)10-13-8-6-5-7-9-13/h8-20,30,35-36H,21-28H2,1-7H3,(H,46,52)(H,47,53);4-11,21H,12-16H2,1-3H3,(H,27,31)(H,29,30);5-9,14-15H,10-12,20H2,1-4H3/t30-,36-;;14-,15-/m0.0/s1. The molecular formula is C90H112N6O21. The van der Waals surface area contributed by atoms with Gasteiger partial charge in [0.25, 0.3) is 0 Å². The van der Waals surface area contributed by atoms with Gasteiger partial charge >= 0.3 is 54.2 Å². The van der Waals surface area contributed by atoms with Crippen LogP contribution in [0.3, 0.4) is 0 Å². The van der Waals surface area contributed by atoms with Crippen molar-refractivity contribution in [3.05, 3.63) is 191 Å². The number of nitrogens with zero attached hydrogens (tertiary/aromatic N) is 2. The van der Waals surface area contributed by atoms with Gasteiger partial charge in [-0.15, -0.1) is 0 Å². The minimum absolute atomic E-state index is 0.00325. The number of likely N-dealkylation sites (tertiary alicyclic amines) is 2. The molecule has 0 radical (unpaired) electrons. The molecule has 2 fully saturated rings. The number of methoxy groups -OCH3 is 2. The number of hydrogen-bond donors (Lipinski definition) is 5. The molecule has 27 nitrogen and oxygen atoms in total. The number of amides is 5. The number of piperidine rings is 2. The first-order chi connectivity index (χ1) is 55.1. The Bertz CT molecular complexity index is 4410. The van der Waals surface area contributed by atoms with Crippen LogP contribution < -0.4 is 21.7 Å². The number of carboxylic acids is 1. The summed E-state index contributed by atoms with van der Waals surface area (Å²) in [7, 11) is 2.39. The molecule has 6 N–H and O–H groups in total. The smallest absolute Gasteiger partial charge is 0.410 e. The topological polar surface area (TPSA) is 367 Å². The lowest BCUT2D eigenvalue weighted by Gasteiger charge is -2.41. The van der Waals surface area contributed by atoms with Crippen LogP contribution in [0.15, 0.2) is 158 Å². The minimum atomic E-state index is -1.60. The molecule has 5 amide bonds. The Morgan fingerprint density at radius 2 is 0.744 bits per heavy atom. The molecule has 0 saturated carbocycles. The molecule has 628 valence electrons. The molecule has 2 aliphatic heterocycles. The third-order valence-corrected chi connectivity index (χ3v) is 20.1. The summed E-state index contributed by atoms with van der Waals surface area (Å²) >= 11 is 0. The van der Waals surface area contributed by atoms with E-state index in [1.165, 1.54) is 24.0 Å². The van der Waals surface area contributed by atoms with Crippen molar-refractivity contribution < 1.29 is 101 Å². The van der Waals surface area contributed by atoms with Gasteiger partial charge in [-0.2, -0.15) is 0 Å². The number of benzene rings is 6. The maximum atomic E-state index is 14.6. The van der Waals surface area contributed by atoms with Gasteiger partial charge in [0.15, 0.2) is 11.6 Å². The zero-order valence-corrected chi connectivity index (χ0v) is 69.4. The monoisotopic (exact) mass is 1610 g/mol. The summed E-state index contributed by atoms with van der Waals surface area (Å²) < 4.78 is 42.6. The molecule has 4 aliphatic rings. The number of esters is 4. The molecule has 117 heavy (non-hydrogen) atoms. The van der Waals surface area contributed by atoms with Crippen LogP contribution in [0.5, 0.6) is 0 Å². The first-order valence-electron chi connectivity index (χ1n) is 39.3. The van der Waals surface area contributed by atoms with Crippen LogP contribution >= 0.6 is 0 Å². The van der Waals surface area contributed by atoms with Gasteiger partial charge in [0.2, 0.25) is 5.91 Å². The SMILES string of the molecule is CC(C)(C)OC(=O)N1CCC(NC(=O)OCC2c3ccccc3-c3ccccc32)(C(=O)O)CC1.COC(=O)[C@H](CC(=O)OC(C)(C)C)CC(=O)[C@@H](N)Cc1ccccc1.COC(=O)[C@H](CC(=O)OC(C)(C)C)CC(=O)[C@H](Cc1ccccc1)NC(=O)C1(NC(=O)OCC2c3ccccc3-c3ccccc32)CCN(C(=O)OC(C)(C)C)CC1. The Hall–Kier alpha value is -11.5. The Morgan fingerprint density at radius 1 is 0.427 bits per heavy atom. The van der Waals surface area contributed by atoms with Gasteiger partial charge in [-0.25, -0.2) is 24.0 Å². The second-order valence-electron chi connectivity index (χ2n) is 33.7. The van der Waals surface area contributed by atoms with Gasteiger partial charge in [0.1, 0.15) is 46.7 Å². The van der Waals surface area contributed by atoms with Gasteiger partial charge in [-0.1, -0.05) is 158 Å². The van der Waals surface area contributed by atoms with Crippen LogP contribution in [-0.4, -0.2) is 186 Å². The van der Waals surface area contributed by atoms with Crippen molar-refractivity contribution >= 4 is 71.7 Å². The molecule has 0 unspecified atom stereocenters.